The van der Waals surface area contributed by atoms with Gasteiger partial charge in [0.05, 0.1) is 35.4 Å². The van der Waals surface area contributed by atoms with Crippen molar-refractivity contribution in [3.05, 3.63) is 23.9 Å². The van der Waals surface area contributed by atoms with Crippen LogP contribution in [0, 0.1) is 23.2 Å². The second-order valence-corrected chi connectivity index (χ2v) is 20.8. The molecule has 3 fully saturated rings. The number of carbonyl (C=O) groups excluding carboxylic acids is 4. The Balaban J connectivity index is 1.43. The number of fused-ring (bicyclic) bond motifs is 4. The topological polar surface area (TPSA) is 195 Å². The Morgan fingerprint density at radius 1 is 1.03 bits per heavy atom. The van der Waals surface area contributed by atoms with Gasteiger partial charge in [0.15, 0.2) is 5.69 Å². The highest BCUT2D eigenvalue weighted by Crippen LogP contribution is 2.50. The molecule has 1 aromatic carbocycles. The third kappa shape index (κ3) is 9.48. The van der Waals surface area contributed by atoms with Crippen molar-refractivity contribution in [2.45, 2.75) is 147 Å². The number of halogens is 4. The molecular weight excluding hydrogens is 829 g/mol. The van der Waals surface area contributed by atoms with Gasteiger partial charge in [0.1, 0.15) is 35.6 Å². The molecule has 4 amide bonds. The smallest absolute Gasteiger partial charge is 0.408 e. The average molecular weight is 885 g/mol. The number of nitrogens with one attached hydrogen (secondary N) is 3. The van der Waals surface area contributed by atoms with Crippen LogP contribution in [0.4, 0.5) is 22.4 Å². The van der Waals surface area contributed by atoms with Crippen LogP contribution in [0.3, 0.4) is 0 Å². The Kier molecular flexibility index (Phi) is 12.6. The lowest BCUT2D eigenvalue weighted by atomic mass is 9.85. The maximum absolute atomic E-state index is 16.4. The van der Waals surface area contributed by atoms with E-state index in [-0.39, 0.29) is 36.2 Å². The molecule has 20 heteroatoms. The number of methoxy groups -OCH3 is 1. The van der Waals surface area contributed by atoms with Gasteiger partial charge >= 0.3 is 6.09 Å². The normalized spacial score (nSPS) is 30.7. The molecule has 3 heterocycles. The van der Waals surface area contributed by atoms with Gasteiger partial charge < -0.3 is 29.7 Å². The predicted octanol–water partition coefficient (Wildman–Crippen LogP) is 5.59. The number of hydrogen-bond donors (Lipinski definition) is 3. The molecule has 61 heavy (non-hydrogen) atoms. The zero-order chi connectivity index (χ0) is 45.0. The number of alkyl carbamates (subject to hydrolysis) is 1. The number of alkyl halides is 4. The molecule has 6 rings (SSSR count). The molecule has 2 aliphatic heterocycles. The van der Waals surface area contributed by atoms with Crippen LogP contribution in [0.25, 0.3) is 11.0 Å². The number of hydrogen-bond acceptors (Lipinski definition) is 11. The molecule has 338 valence electrons. The maximum atomic E-state index is 16.4. The molecule has 8 atom stereocenters. The first-order valence-corrected chi connectivity index (χ1v) is 22.2. The fraction of sp³-hybridized carbons (Fsp3) is 0.707. The summed E-state index contributed by atoms with van der Waals surface area (Å²) in [5, 5.41) is 5.01. The summed E-state index contributed by atoms with van der Waals surface area (Å²) in [6, 6.07) is 1.51. The van der Waals surface area contributed by atoms with Gasteiger partial charge in [-0.25, -0.2) is 32.0 Å². The molecule has 2 saturated carbocycles. The molecule has 0 spiro atoms. The lowest BCUT2D eigenvalue weighted by Gasteiger charge is -2.36. The molecule has 2 bridgehead atoms. The number of nitrogens with zero attached hydrogens (tertiary/aromatic N) is 3. The molecular formula is C41H56F4N6O9S. The quantitative estimate of drug-likeness (QED) is 0.294. The van der Waals surface area contributed by atoms with Crippen LogP contribution >= 0.6 is 0 Å². The molecule has 2 aromatic rings. The van der Waals surface area contributed by atoms with Gasteiger partial charge in [-0.3, -0.25) is 19.1 Å². The number of carbonyl (C=O) groups is 4. The first-order chi connectivity index (χ1) is 28.3. The van der Waals surface area contributed by atoms with E-state index < -0.39 is 129 Å². The first kappa shape index (κ1) is 46.0. The fourth-order valence-corrected chi connectivity index (χ4v) is 9.60. The van der Waals surface area contributed by atoms with Crippen molar-refractivity contribution in [2.75, 3.05) is 13.7 Å². The summed E-state index contributed by atoms with van der Waals surface area (Å²) in [7, 11) is -2.90. The first-order valence-electron chi connectivity index (χ1n) is 20.7. The van der Waals surface area contributed by atoms with Crippen molar-refractivity contribution in [2.24, 2.45) is 23.2 Å². The van der Waals surface area contributed by atoms with Crippen molar-refractivity contribution in [1.29, 1.82) is 0 Å². The summed E-state index contributed by atoms with van der Waals surface area (Å²) >= 11 is 0. The number of aromatic nitrogens is 2. The van der Waals surface area contributed by atoms with Gasteiger partial charge in [0, 0.05) is 18.4 Å². The van der Waals surface area contributed by atoms with Crippen LogP contribution in [0.15, 0.2) is 18.2 Å². The Labute approximate surface area is 352 Å². The van der Waals surface area contributed by atoms with E-state index in [1.807, 2.05) is 11.6 Å². The number of amides is 4. The molecule has 1 saturated heterocycles. The summed E-state index contributed by atoms with van der Waals surface area (Å²) in [5.41, 5.74) is -3.89. The van der Waals surface area contributed by atoms with Crippen LogP contribution in [0.1, 0.15) is 106 Å². The number of cyclic esters (lactones) is 1. The van der Waals surface area contributed by atoms with Gasteiger partial charge in [-0.2, -0.15) is 8.78 Å². The van der Waals surface area contributed by atoms with Crippen LogP contribution in [0.5, 0.6) is 11.6 Å². The number of benzene rings is 1. The Hall–Kier alpha value is -4.49. The average Bonchev–Trinajstić information content (AvgIpc) is 4.07. The standard InChI is InChI=1S/C41H56F4N6O9S/c1-21-11-9-10-14-41(44,45)30-34(47-27-18-24(58-8)12-13-26(27)46-30)60-28-20-51(35(53)31(38(4,5)6)48-37(55)59-22(2)17-21)29(23(28)3)33(52)49-40(19-25(40)32(42)43)36(54)50-61(56,57)39(7)15-16-39/h12-13,18,21-23,25,28-29,31-32H,9-11,14-17,19-20H2,1-8H3,(H,48,55)(H,49,52)(H,50,54)/t21-,22?,23-,25+,28+,29+,31-,40-/m1/s1. The zero-order valence-electron chi connectivity index (χ0n) is 35.7. The van der Waals surface area contributed by atoms with E-state index in [4.69, 9.17) is 14.2 Å². The van der Waals surface area contributed by atoms with Crippen molar-refractivity contribution >= 4 is 44.9 Å². The van der Waals surface area contributed by atoms with E-state index in [9.17, 15) is 36.4 Å². The summed E-state index contributed by atoms with van der Waals surface area (Å²) in [4.78, 5) is 66.2. The largest absolute Gasteiger partial charge is 0.497 e. The van der Waals surface area contributed by atoms with Crippen LogP contribution in [-0.4, -0.2) is 102 Å². The lowest BCUT2D eigenvalue weighted by Crippen LogP contribution is -2.61. The Morgan fingerprint density at radius 2 is 1.72 bits per heavy atom. The van der Waals surface area contributed by atoms with Gasteiger partial charge in [-0.05, 0) is 69.4 Å². The van der Waals surface area contributed by atoms with E-state index >= 15 is 8.78 Å². The van der Waals surface area contributed by atoms with Crippen LogP contribution in [-0.2, 0) is 35.1 Å². The van der Waals surface area contributed by atoms with Gasteiger partial charge in [-0.1, -0.05) is 47.5 Å². The highest BCUT2D eigenvalue weighted by Gasteiger charge is 2.67. The molecule has 4 aliphatic rings. The monoisotopic (exact) mass is 884 g/mol. The van der Waals surface area contributed by atoms with E-state index in [0.717, 1.165) is 4.90 Å². The number of sulfonamides is 1. The van der Waals surface area contributed by atoms with Gasteiger partial charge in [0.2, 0.25) is 34.1 Å². The third-order valence-electron chi connectivity index (χ3n) is 12.6. The van der Waals surface area contributed by atoms with Gasteiger partial charge in [-0.15, -0.1) is 0 Å². The minimum atomic E-state index is -4.32. The second kappa shape index (κ2) is 16.7. The molecule has 1 unspecified atom stereocenters. The van der Waals surface area contributed by atoms with E-state index in [1.54, 1.807) is 33.8 Å². The van der Waals surface area contributed by atoms with Crippen LogP contribution in [0.2, 0.25) is 0 Å². The minimum absolute atomic E-state index is 0.0195. The summed E-state index contributed by atoms with van der Waals surface area (Å²) < 4.78 is 105. The van der Waals surface area contributed by atoms with Crippen molar-refractivity contribution in [3.63, 3.8) is 0 Å². The summed E-state index contributed by atoms with van der Waals surface area (Å²) in [6.45, 7) is 11.0. The molecule has 2 aliphatic carbocycles. The fourth-order valence-electron chi connectivity index (χ4n) is 8.29. The minimum Gasteiger partial charge on any atom is -0.497 e. The molecule has 0 radical (unpaired) electrons. The van der Waals surface area contributed by atoms with E-state index in [1.165, 1.54) is 33.1 Å². The summed E-state index contributed by atoms with van der Waals surface area (Å²) in [5.74, 6) is -9.96. The van der Waals surface area contributed by atoms with Gasteiger partial charge in [0.25, 0.3) is 11.8 Å². The summed E-state index contributed by atoms with van der Waals surface area (Å²) in [6.07, 6.45) is -5.21. The Bertz CT molecular complexity index is 2150. The number of ether oxygens (including phenoxy) is 3. The molecule has 3 N–H and O–H groups in total. The van der Waals surface area contributed by atoms with E-state index in [0.29, 0.717) is 25.0 Å². The molecule has 15 nitrogen and oxygen atoms in total. The van der Waals surface area contributed by atoms with E-state index in [2.05, 4.69) is 20.6 Å². The highest BCUT2D eigenvalue weighted by molar-refractivity contribution is 7.91. The highest BCUT2D eigenvalue weighted by atomic mass is 32.2. The third-order valence-corrected chi connectivity index (χ3v) is 14.7. The lowest BCUT2D eigenvalue weighted by molar-refractivity contribution is -0.143. The number of rotatable bonds is 7. The zero-order valence-corrected chi connectivity index (χ0v) is 36.5. The molecule has 1 aromatic heterocycles. The van der Waals surface area contributed by atoms with Crippen molar-refractivity contribution in [3.8, 4) is 11.6 Å². The van der Waals surface area contributed by atoms with Crippen LogP contribution < -0.4 is 24.8 Å². The van der Waals surface area contributed by atoms with Crippen molar-refractivity contribution < 1.29 is 59.4 Å². The predicted molar refractivity (Wildman–Crippen MR) is 213 cm³/mol. The SMILES string of the molecule is COc1ccc2nc3c(nc2c1)O[C@H]1CN(C(=O)[C@H](C(C)(C)C)NC(=O)OC(C)C[C@H](C)CCCCC3(F)F)[C@H](C(=O)N[C@]2(C(=O)NS(=O)(=O)C3(C)CC3)C[C@H]2C(F)F)[C@@H]1C. The van der Waals surface area contributed by atoms with Crippen molar-refractivity contribution in [1.82, 2.24) is 30.2 Å². The second-order valence-electron chi connectivity index (χ2n) is 18.6. The Morgan fingerprint density at radius 3 is 2.33 bits per heavy atom. The maximum Gasteiger partial charge on any atom is 0.408 e.